The Bertz CT molecular complexity index is 718. The van der Waals surface area contributed by atoms with Crippen LogP contribution < -0.4 is 5.32 Å². The lowest BCUT2D eigenvalue weighted by molar-refractivity contribution is -0.229. The van der Waals surface area contributed by atoms with Crippen molar-refractivity contribution in [3.8, 4) is 0 Å². The molecule has 0 aliphatic carbocycles. The van der Waals surface area contributed by atoms with Crippen molar-refractivity contribution in [1.29, 1.82) is 0 Å². The van der Waals surface area contributed by atoms with Crippen LogP contribution >= 0.6 is 0 Å². The highest BCUT2D eigenvalue weighted by molar-refractivity contribution is 5.95. The van der Waals surface area contributed by atoms with Gasteiger partial charge in [-0.3, -0.25) is 4.79 Å². The number of fused-ring (bicyclic) bond motifs is 3. The maximum atomic E-state index is 13.0. The van der Waals surface area contributed by atoms with Crippen LogP contribution in [0.4, 0.5) is 5.69 Å². The summed E-state index contributed by atoms with van der Waals surface area (Å²) in [7, 11) is 0. The van der Waals surface area contributed by atoms with E-state index in [-0.39, 0.29) is 5.91 Å². The van der Waals surface area contributed by atoms with E-state index in [1.54, 1.807) is 0 Å². The van der Waals surface area contributed by atoms with Gasteiger partial charge in [-0.2, -0.15) is 0 Å². The van der Waals surface area contributed by atoms with Gasteiger partial charge in [0.25, 0.3) is 5.91 Å². The minimum absolute atomic E-state index is 0.289. The predicted octanol–water partition coefficient (Wildman–Crippen LogP) is 2.33. The fraction of sp³-hybridized carbons (Fsp3) is 0.632. The van der Waals surface area contributed by atoms with Crippen LogP contribution in [0.3, 0.4) is 0 Å². The van der Waals surface area contributed by atoms with E-state index >= 15 is 0 Å². The first-order chi connectivity index (χ1) is 12.2. The Hall–Kier alpha value is -1.51. The molecule has 0 saturated carbocycles. The molecule has 7 heteroatoms. The fourth-order valence-corrected chi connectivity index (χ4v) is 3.74. The van der Waals surface area contributed by atoms with E-state index in [9.17, 15) is 4.79 Å². The van der Waals surface area contributed by atoms with Crippen LogP contribution in [0.5, 0.6) is 0 Å². The quantitative estimate of drug-likeness (QED) is 0.869. The summed E-state index contributed by atoms with van der Waals surface area (Å²) in [6, 6.07) is 7.58. The molecule has 142 valence electrons. The molecule has 5 atom stereocenters. The number of carbonyl (C=O) groups excluding carboxylic acids is 1. The van der Waals surface area contributed by atoms with Crippen LogP contribution in [-0.4, -0.2) is 48.2 Å². The molecule has 26 heavy (non-hydrogen) atoms. The monoisotopic (exact) mass is 363 g/mol. The number of nitrogens with one attached hydrogen (secondary N) is 1. The molecular weight excluding hydrogens is 338 g/mol. The van der Waals surface area contributed by atoms with Crippen LogP contribution in [0.25, 0.3) is 0 Å². The molecule has 0 radical (unpaired) electrons. The number of anilines is 1. The third-order valence-electron chi connectivity index (χ3n) is 4.82. The minimum Gasteiger partial charge on any atom is -0.342 e. The first-order valence-electron chi connectivity index (χ1n) is 8.88. The summed E-state index contributed by atoms with van der Waals surface area (Å²) < 4.78 is 29.7. The van der Waals surface area contributed by atoms with Crippen molar-refractivity contribution >= 4 is 11.6 Å². The van der Waals surface area contributed by atoms with Gasteiger partial charge in [-0.15, -0.1) is 0 Å². The lowest BCUT2D eigenvalue weighted by Crippen LogP contribution is -2.58. The van der Waals surface area contributed by atoms with Gasteiger partial charge < -0.3 is 29.0 Å². The number of para-hydroxylation sites is 1. The molecule has 0 aromatic heterocycles. The summed E-state index contributed by atoms with van der Waals surface area (Å²) in [5, 5.41) is 2.92. The maximum absolute atomic E-state index is 13.0. The summed E-state index contributed by atoms with van der Waals surface area (Å²) in [6.07, 6.45) is -3.01. The third-order valence-corrected chi connectivity index (χ3v) is 4.82. The highest BCUT2D eigenvalue weighted by Gasteiger charge is 2.62. The number of amides is 1. The van der Waals surface area contributed by atoms with Crippen molar-refractivity contribution in [2.45, 2.75) is 76.9 Å². The van der Waals surface area contributed by atoms with Crippen molar-refractivity contribution in [3.63, 3.8) is 0 Å². The van der Waals surface area contributed by atoms with Gasteiger partial charge in [0.05, 0.1) is 0 Å². The van der Waals surface area contributed by atoms with Crippen LogP contribution in [0.2, 0.25) is 0 Å². The Kier molecular flexibility index (Phi) is 4.13. The number of carbonyl (C=O) groups is 1. The average molecular weight is 363 g/mol. The molecule has 1 amide bonds. The summed E-state index contributed by atoms with van der Waals surface area (Å²) >= 11 is 0. The van der Waals surface area contributed by atoms with Crippen molar-refractivity contribution in [2.75, 3.05) is 5.32 Å². The highest BCUT2D eigenvalue weighted by atomic mass is 16.9. The van der Waals surface area contributed by atoms with Crippen LogP contribution in [0, 0.1) is 6.92 Å². The van der Waals surface area contributed by atoms with Gasteiger partial charge in [0.2, 0.25) is 0 Å². The Labute approximate surface area is 152 Å². The molecule has 1 N–H and O–H groups in total. The van der Waals surface area contributed by atoms with E-state index < -0.39 is 42.3 Å². The number of hydrogen-bond donors (Lipinski definition) is 1. The SMILES string of the molecule is Cc1ccccc1NC(=O)C1OC2OC(C)(C)OC2C2OC(C)(C)OC12. The molecule has 3 fully saturated rings. The Balaban J connectivity index is 1.59. The van der Waals surface area contributed by atoms with Crippen LogP contribution in [0.1, 0.15) is 33.3 Å². The second-order valence-electron chi connectivity index (χ2n) is 7.89. The van der Waals surface area contributed by atoms with Crippen LogP contribution in [-0.2, 0) is 28.5 Å². The molecule has 0 bridgehead atoms. The Morgan fingerprint density at radius 3 is 2.27 bits per heavy atom. The summed E-state index contributed by atoms with van der Waals surface area (Å²) in [5.41, 5.74) is 1.71. The van der Waals surface area contributed by atoms with E-state index in [2.05, 4.69) is 5.32 Å². The second kappa shape index (κ2) is 6.00. The van der Waals surface area contributed by atoms with E-state index in [0.29, 0.717) is 0 Å². The lowest BCUT2D eigenvalue weighted by atomic mass is 9.98. The fourth-order valence-electron chi connectivity index (χ4n) is 3.74. The zero-order valence-corrected chi connectivity index (χ0v) is 15.6. The van der Waals surface area contributed by atoms with E-state index in [0.717, 1.165) is 11.3 Å². The zero-order chi connectivity index (χ0) is 18.7. The van der Waals surface area contributed by atoms with Gasteiger partial charge >= 0.3 is 0 Å². The molecule has 4 rings (SSSR count). The number of ether oxygens (including phenoxy) is 5. The van der Waals surface area contributed by atoms with E-state index in [1.807, 2.05) is 58.9 Å². The Morgan fingerprint density at radius 2 is 1.54 bits per heavy atom. The van der Waals surface area contributed by atoms with Gasteiger partial charge in [0, 0.05) is 5.69 Å². The molecule has 5 unspecified atom stereocenters. The molecule has 3 saturated heterocycles. The summed E-state index contributed by atoms with van der Waals surface area (Å²) in [4.78, 5) is 13.0. The van der Waals surface area contributed by atoms with Crippen molar-refractivity contribution in [1.82, 2.24) is 0 Å². The number of aryl methyl sites for hydroxylation is 1. The smallest absolute Gasteiger partial charge is 0.256 e. The molecular formula is C19H25NO6. The van der Waals surface area contributed by atoms with Gasteiger partial charge in [0.15, 0.2) is 24.0 Å². The lowest BCUT2D eigenvalue weighted by Gasteiger charge is -2.36. The first kappa shape index (κ1) is 17.9. The molecule has 1 aromatic rings. The Morgan fingerprint density at radius 1 is 0.923 bits per heavy atom. The van der Waals surface area contributed by atoms with Crippen LogP contribution in [0.15, 0.2) is 24.3 Å². The second-order valence-corrected chi connectivity index (χ2v) is 7.89. The van der Waals surface area contributed by atoms with E-state index in [4.69, 9.17) is 23.7 Å². The van der Waals surface area contributed by atoms with Crippen molar-refractivity contribution < 1.29 is 28.5 Å². The largest absolute Gasteiger partial charge is 0.342 e. The molecule has 3 heterocycles. The summed E-state index contributed by atoms with van der Waals surface area (Å²) in [5.74, 6) is -1.93. The van der Waals surface area contributed by atoms with E-state index in [1.165, 1.54) is 0 Å². The summed E-state index contributed by atoms with van der Waals surface area (Å²) in [6.45, 7) is 9.19. The normalized spacial score (nSPS) is 37.0. The number of hydrogen-bond acceptors (Lipinski definition) is 6. The predicted molar refractivity (Wildman–Crippen MR) is 92.3 cm³/mol. The third kappa shape index (κ3) is 3.14. The average Bonchev–Trinajstić information content (AvgIpc) is 3.02. The topological polar surface area (TPSA) is 75.3 Å². The van der Waals surface area contributed by atoms with Gasteiger partial charge in [0.1, 0.15) is 18.3 Å². The standard InChI is InChI=1S/C19H25NO6/c1-10-8-6-7-9-11(10)20-16(21)14-12-13(24-18(2,3)23-12)15-17(22-14)26-19(4,5)25-15/h6-9,12-15,17H,1-5H3,(H,20,21). The van der Waals surface area contributed by atoms with Gasteiger partial charge in [-0.1, -0.05) is 18.2 Å². The maximum Gasteiger partial charge on any atom is 0.256 e. The highest BCUT2D eigenvalue weighted by Crippen LogP contribution is 2.44. The minimum atomic E-state index is -0.861. The van der Waals surface area contributed by atoms with Gasteiger partial charge in [-0.25, -0.2) is 0 Å². The van der Waals surface area contributed by atoms with Crippen molar-refractivity contribution in [2.24, 2.45) is 0 Å². The molecule has 3 aliphatic rings. The molecule has 7 nitrogen and oxygen atoms in total. The molecule has 3 aliphatic heterocycles. The molecule has 0 spiro atoms. The zero-order valence-electron chi connectivity index (χ0n) is 15.6. The number of benzene rings is 1. The molecule has 1 aromatic carbocycles. The number of rotatable bonds is 2. The van der Waals surface area contributed by atoms with Crippen molar-refractivity contribution in [3.05, 3.63) is 29.8 Å². The first-order valence-corrected chi connectivity index (χ1v) is 8.88. The van der Waals surface area contributed by atoms with Gasteiger partial charge in [-0.05, 0) is 46.2 Å².